The largest absolute Gasteiger partial charge is 0.385 e. The van der Waals surface area contributed by atoms with E-state index in [0.29, 0.717) is 0 Å². The first-order valence-corrected chi connectivity index (χ1v) is 7.99. The van der Waals surface area contributed by atoms with Crippen molar-refractivity contribution in [2.45, 2.75) is 6.92 Å². The fraction of sp³-hybridized carbons (Fsp3) is 0.167. The molecule has 0 amide bonds. The zero-order chi connectivity index (χ0) is 14.7. The fourth-order valence-electron chi connectivity index (χ4n) is 2.35. The van der Waals surface area contributed by atoms with Crippen molar-refractivity contribution in [3.8, 4) is 0 Å². The third-order valence-electron chi connectivity index (χ3n) is 3.48. The highest BCUT2D eigenvalue weighted by molar-refractivity contribution is 7.18. The molecule has 2 nitrogen and oxygen atoms in total. The summed E-state index contributed by atoms with van der Waals surface area (Å²) in [6.45, 7) is 3.06. The molecule has 3 rings (SSSR count). The number of nitrogens with one attached hydrogen (secondary N) is 1. The Labute approximate surface area is 129 Å². The van der Waals surface area contributed by atoms with Gasteiger partial charge in [0.1, 0.15) is 11.7 Å². The quantitative estimate of drug-likeness (QED) is 0.708. The van der Waals surface area contributed by atoms with E-state index >= 15 is 0 Å². The standard InChI is InChI=1S/C18H18N2S/c1-3-19-15-11-8-14(9-12-15)10-13-18-20(2)16-6-4-5-7-17(16)21-18/h4-13H,3H2,1-2H3/p+1. The van der Waals surface area contributed by atoms with Gasteiger partial charge in [0.25, 0.3) is 5.01 Å². The lowest BCUT2D eigenvalue weighted by atomic mass is 10.2. The summed E-state index contributed by atoms with van der Waals surface area (Å²) in [5.41, 5.74) is 3.67. The van der Waals surface area contributed by atoms with Crippen LogP contribution >= 0.6 is 11.3 Å². The SMILES string of the molecule is CCNc1ccc(/C=C/c2sc3ccccc3[n+]2C)cc1. The van der Waals surface area contributed by atoms with Gasteiger partial charge in [0, 0.05) is 24.4 Å². The summed E-state index contributed by atoms with van der Waals surface area (Å²) >= 11 is 1.82. The lowest BCUT2D eigenvalue weighted by molar-refractivity contribution is -0.642. The Balaban J connectivity index is 1.85. The van der Waals surface area contributed by atoms with Gasteiger partial charge >= 0.3 is 0 Å². The van der Waals surface area contributed by atoms with Gasteiger partial charge < -0.3 is 5.32 Å². The summed E-state index contributed by atoms with van der Waals surface area (Å²) < 4.78 is 3.56. The van der Waals surface area contributed by atoms with Crippen molar-refractivity contribution in [2.24, 2.45) is 7.05 Å². The summed E-state index contributed by atoms with van der Waals surface area (Å²) in [7, 11) is 2.12. The van der Waals surface area contributed by atoms with Crippen LogP contribution in [-0.4, -0.2) is 6.54 Å². The fourth-order valence-corrected chi connectivity index (χ4v) is 3.40. The van der Waals surface area contributed by atoms with E-state index in [-0.39, 0.29) is 0 Å². The summed E-state index contributed by atoms with van der Waals surface area (Å²) in [4.78, 5) is 0. The number of hydrogen-bond acceptors (Lipinski definition) is 2. The van der Waals surface area contributed by atoms with Crippen LogP contribution in [0.25, 0.3) is 22.4 Å². The van der Waals surface area contributed by atoms with E-state index in [0.717, 1.165) is 6.54 Å². The molecule has 21 heavy (non-hydrogen) atoms. The number of anilines is 1. The third kappa shape index (κ3) is 2.98. The molecule has 0 bridgehead atoms. The lowest BCUT2D eigenvalue weighted by Gasteiger charge is -2.02. The van der Waals surface area contributed by atoms with Gasteiger partial charge in [-0.25, -0.2) is 0 Å². The molecule has 0 spiro atoms. The van der Waals surface area contributed by atoms with E-state index in [2.05, 4.69) is 84.5 Å². The minimum atomic E-state index is 0.951. The molecule has 0 saturated heterocycles. The molecule has 0 aliphatic carbocycles. The second kappa shape index (κ2) is 6.10. The van der Waals surface area contributed by atoms with Gasteiger partial charge in [-0.15, -0.1) is 0 Å². The molecular formula is C18H19N2S+. The molecule has 0 aliphatic heterocycles. The lowest BCUT2D eigenvalue weighted by Crippen LogP contribution is -2.28. The average molecular weight is 295 g/mol. The smallest absolute Gasteiger partial charge is 0.262 e. The van der Waals surface area contributed by atoms with Crippen LogP contribution in [-0.2, 0) is 7.05 Å². The zero-order valence-electron chi connectivity index (χ0n) is 12.3. The first-order chi connectivity index (χ1) is 10.3. The van der Waals surface area contributed by atoms with Crippen molar-refractivity contribution >= 4 is 39.4 Å². The maximum atomic E-state index is 3.31. The van der Waals surface area contributed by atoms with Crippen molar-refractivity contribution in [3.63, 3.8) is 0 Å². The van der Waals surface area contributed by atoms with E-state index in [1.54, 1.807) is 0 Å². The molecule has 1 N–H and O–H groups in total. The van der Waals surface area contributed by atoms with Gasteiger partial charge in [-0.3, -0.25) is 0 Å². The summed E-state index contributed by atoms with van der Waals surface area (Å²) in [6.07, 6.45) is 4.35. The molecule has 0 saturated carbocycles. The number of fused-ring (bicyclic) bond motifs is 1. The minimum Gasteiger partial charge on any atom is -0.385 e. The highest BCUT2D eigenvalue weighted by Gasteiger charge is 2.12. The van der Waals surface area contributed by atoms with Gasteiger partial charge in [-0.05, 0) is 36.8 Å². The molecule has 3 aromatic rings. The number of para-hydroxylation sites is 1. The number of rotatable bonds is 4. The second-order valence-electron chi connectivity index (χ2n) is 4.95. The number of benzene rings is 2. The van der Waals surface area contributed by atoms with Crippen LogP contribution in [0.1, 0.15) is 17.5 Å². The number of hydrogen-bond donors (Lipinski definition) is 1. The molecule has 1 heterocycles. The van der Waals surface area contributed by atoms with Gasteiger partial charge in [-0.2, -0.15) is 4.57 Å². The first-order valence-electron chi connectivity index (χ1n) is 7.17. The minimum absolute atomic E-state index is 0.951. The number of thiazole rings is 1. The van der Waals surface area contributed by atoms with Crippen LogP contribution in [0, 0.1) is 0 Å². The Bertz CT molecular complexity index is 770. The molecule has 0 fully saturated rings. The van der Waals surface area contributed by atoms with Crippen molar-refractivity contribution in [3.05, 3.63) is 59.1 Å². The topological polar surface area (TPSA) is 15.9 Å². The summed E-state index contributed by atoms with van der Waals surface area (Å²) in [5.74, 6) is 0. The Hall–Kier alpha value is -2.13. The molecule has 0 aliphatic rings. The number of aryl methyl sites for hydroxylation is 1. The highest BCUT2D eigenvalue weighted by atomic mass is 32.1. The number of aromatic nitrogens is 1. The van der Waals surface area contributed by atoms with Crippen LogP contribution < -0.4 is 9.88 Å². The molecule has 1 aromatic heterocycles. The summed E-state index contributed by atoms with van der Waals surface area (Å²) in [5, 5.41) is 4.57. The molecular weight excluding hydrogens is 276 g/mol. The zero-order valence-corrected chi connectivity index (χ0v) is 13.2. The molecule has 3 heteroatoms. The van der Waals surface area contributed by atoms with Crippen molar-refractivity contribution in [1.82, 2.24) is 0 Å². The Kier molecular flexibility index (Phi) is 4.02. The Morgan fingerprint density at radius 2 is 1.81 bits per heavy atom. The highest BCUT2D eigenvalue weighted by Crippen LogP contribution is 2.21. The van der Waals surface area contributed by atoms with Crippen LogP contribution in [0.4, 0.5) is 5.69 Å². The van der Waals surface area contributed by atoms with Crippen LogP contribution in [0.3, 0.4) is 0 Å². The Morgan fingerprint density at radius 3 is 2.52 bits per heavy atom. The monoisotopic (exact) mass is 295 g/mol. The van der Waals surface area contributed by atoms with E-state index < -0.39 is 0 Å². The normalized spacial score (nSPS) is 11.3. The molecule has 0 unspecified atom stereocenters. The number of nitrogens with zero attached hydrogens (tertiary/aromatic N) is 1. The van der Waals surface area contributed by atoms with Crippen LogP contribution in [0.2, 0.25) is 0 Å². The van der Waals surface area contributed by atoms with Crippen LogP contribution in [0.5, 0.6) is 0 Å². The van der Waals surface area contributed by atoms with E-state index in [1.165, 1.54) is 26.5 Å². The van der Waals surface area contributed by atoms with Gasteiger partial charge in [-0.1, -0.05) is 35.6 Å². The molecule has 0 radical (unpaired) electrons. The first kappa shape index (κ1) is 13.8. The van der Waals surface area contributed by atoms with Crippen molar-refractivity contribution < 1.29 is 4.57 Å². The van der Waals surface area contributed by atoms with E-state index in [1.807, 2.05) is 11.3 Å². The average Bonchev–Trinajstić information content (AvgIpc) is 2.84. The van der Waals surface area contributed by atoms with E-state index in [9.17, 15) is 0 Å². The predicted octanol–water partition coefficient (Wildman–Crippen LogP) is 4.33. The Morgan fingerprint density at radius 1 is 1.05 bits per heavy atom. The van der Waals surface area contributed by atoms with Crippen molar-refractivity contribution in [2.75, 3.05) is 11.9 Å². The van der Waals surface area contributed by atoms with Crippen LogP contribution in [0.15, 0.2) is 48.5 Å². The van der Waals surface area contributed by atoms with E-state index in [4.69, 9.17) is 0 Å². The maximum Gasteiger partial charge on any atom is 0.262 e. The summed E-state index contributed by atoms with van der Waals surface area (Å²) in [6, 6.07) is 17.0. The molecule has 0 atom stereocenters. The van der Waals surface area contributed by atoms with Gasteiger partial charge in [0.05, 0.1) is 0 Å². The van der Waals surface area contributed by atoms with Gasteiger partial charge in [0.15, 0.2) is 0 Å². The van der Waals surface area contributed by atoms with Gasteiger partial charge in [0.2, 0.25) is 5.52 Å². The van der Waals surface area contributed by atoms with Crippen molar-refractivity contribution in [1.29, 1.82) is 0 Å². The molecule has 106 valence electrons. The second-order valence-corrected chi connectivity index (χ2v) is 6.01. The third-order valence-corrected chi connectivity index (χ3v) is 4.67. The molecule has 2 aromatic carbocycles. The predicted molar refractivity (Wildman–Crippen MR) is 92.5 cm³/mol. The maximum absolute atomic E-state index is 3.31.